The van der Waals surface area contributed by atoms with Crippen LogP contribution in [0, 0.1) is 12.3 Å². The third-order valence-corrected chi connectivity index (χ3v) is 3.12. The maximum absolute atomic E-state index is 11.7. The summed E-state index contributed by atoms with van der Waals surface area (Å²) in [4.78, 5) is 11.7. The topological polar surface area (TPSA) is 55.1 Å². The molecular formula is C13H24N2O. The highest BCUT2D eigenvalue weighted by molar-refractivity contribution is 5.76. The Morgan fingerprint density at radius 1 is 1.38 bits per heavy atom. The lowest BCUT2D eigenvalue weighted by atomic mass is 9.92. The van der Waals surface area contributed by atoms with E-state index in [1.165, 1.54) is 0 Å². The summed E-state index contributed by atoms with van der Waals surface area (Å²) < 4.78 is 0. The monoisotopic (exact) mass is 224 g/mol. The molecule has 0 spiro atoms. The first-order valence-electron chi connectivity index (χ1n) is 6.08. The van der Waals surface area contributed by atoms with Gasteiger partial charge in [-0.2, -0.15) is 0 Å². The van der Waals surface area contributed by atoms with Gasteiger partial charge in [-0.1, -0.05) is 13.8 Å². The second kappa shape index (κ2) is 8.18. The minimum Gasteiger partial charge on any atom is -0.349 e. The number of hydrogen-bond acceptors (Lipinski definition) is 2. The van der Waals surface area contributed by atoms with Crippen molar-refractivity contribution in [2.45, 2.75) is 57.9 Å². The molecule has 0 saturated heterocycles. The van der Waals surface area contributed by atoms with E-state index in [1.54, 1.807) is 0 Å². The van der Waals surface area contributed by atoms with Gasteiger partial charge in [0.15, 0.2) is 0 Å². The number of amides is 1. The Hall–Kier alpha value is -1.01. The molecule has 0 saturated carbocycles. The molecule has 0 unspecified atom stereocenters. The summed E-state index contributed by atoms with van der Waals surface area (Å²) in [5, 5.41) is 3.04. The van der Waals surface area contributed by atoms with Crippen LogP contribution in [0.4, 0.5) is 0 Å². The first kappa shape index (κ1) is 15.0. The van der Waals surface area contributed by atoms with Crippen LogP contribution in [0.2, 0.25) is 0 Å². The Kier molecular flexibility index (Phi) is 7.66. The number of terminal acetylenes is 1. The van der Waals surface area contributed by atoms with E-state index < -0.39 is 0 Å². The molecule has 0 radical (unpaired) electrons. The molecule has 0 aromatic heterocycles. The van der Waals surface area contributed by atoms with Crippen LogP contribution in [-0.4, -0.2) is 18.0 Å². The first-order valence-corrected chi connectivity index (χ1v) is 6.08. The molecule has 0 rings (SSSR count). The number of carbonyl (C=O) groups excluding carboxylic acids is 1. The number of unbranched alkanes of at least 4 members (excludes halogenated alkanes) is 2. The summed E-state index contributed by atoms with van der Waals surface area (Å²) in [6.45, 7) is 4.60. The van der Waals surface area contributed by atoms with Crippen LogP contribution >= 0.6 is 0 Å². The fourth-order valence-electron chi connectivity index (χ4n) is 1.64. The molecule has 16 heavy (non-hydrogen) atoms. The van der Waals surface area contributed by atoms with E-state index >= 15 is 0 Å². The van der Waals surface area contributed by atoms with Gasteiger partial charge in [-0.3, -0.25) is 4.79 Å². The van der Waals surface area contributed by atoms with E-state index in [-0.39, 0.29) is 11.4 Å². The number of nitrogens with one attached hydrogen (secondary N) is 1. The molecule has 0 aromatic rings. The average molecular weight is 224 g/mol. The molecular weight excluding hydrogens is 200 g/mol. The van der Waals surface area contributed by atoms with Crippen LogP contribution in [0.1, 0.15) is 52.4 Å². The van der Waals surface area contributed by atoms with Gasteiger partial charge in [0.25, 0.3) is 0 Å². The quantitative estimate of drug-likeness (QED) is 0.488. The SMILES string of the molecule is C#CCCCCC(=O)NC(CC)(CC)CN. The average Bonchev–Trinajstić information content (AvgIpc) is 2.32. The Balaban J connectivity index is 3.97. The third kappa shape index (κ3) is 5.18. The van der Waals surface area contributed by atoms with Gasteiger partial charge in [0.2, 0.25) is 5.91 Å². The van der Waals surface area contributed by atoms with E-state index in [9.17, 15) is 4.79 Å². The second-order valence-electron chi connectivity index (χ2n) is 4.15. The Morgan fingerprint density at radius 3 is 2.44 bits per heavy atom. The summed E-state index contributed by atoms with van der Waals surface area (Å²) in [6, 6.07) is 0. The van der Waals surface area contributed by atoms with Crippen LogP contribution in [0.15, 0.2) is 0 Å². The van der Waals surface area contributed by atoms with Crippen LogP contribution in [0.25, 0.3) is 0 Å². The molecule has 92 valence electrons. The van der Waals surface area contributed by atoms with Gasteiger partial charge in [0, 0.05) is 19.4 Å². The predicted octanol–water partition coefficient (Wildman–Crippen LogP) is 1.81. The normalized spacial score (nSPS) is 10.9. The van der Waals surface area contributed by atoms with Crippen molar-refractivity contribution in [2.24, 2.45) is 5.73 Å². The van der Waals surface area contributed by atoms with Crippen molar-refractivity contribution in [1.29, 1.82) is 0 Å². The summed E-state index contributed by atoms with van der Waals surface area (Å²) in [7, 11) is 0. The van der Waals surface area contributed by atoms with Crippen LogP contribution in [-0.2, 0) is 4.79 Å². The van der Waals surface area contributed by atoms with Crippen molar-refractivity contribution < 1.29 is 4.79 Å². The molecule has 3 N–H and O–H groups in total. The van der Waals surface area contributed by atoms with Gasteiger partial charge in [0.05, 0.1) is 5.54 Å². The van der Waals surface area contributed by atoms with Crippen molar-refractivity contribution in [3.63, 3.8) is 0 Å². The number of rotatable bonds is 8. The van der Waals surface area contributed by atoms with Crippen molar-refractivity contribution in [1.82, 2.24) is 5.32 Å². The van der Waals surface area contributed by atoms with E-state index in [2.05, 4.69) is 25.1 Å². The molecule has 3 heteroatoms. The lowest BCUT2D eigenvalue weighted by molar-refractivity contribution is -0.123. The highest BCUT2D eigenvalue weighted by atomic mass is 16.1. The zero-order valence-electron chi connectivity index (χ0n) is 10.5. The molecule has 0 aliphatic carbocycles. The largest absolute Gasteiger partial charge is 0.349 e. The summed E-state index contributed by atoms with van der Waals surface area (Å²) in [5.74, 6) is 2.66. The molecule has 0 heterocycles. The maximum Gasteiger partial charge on any atom is 0.220 e. The van der Waals surface area contributed by atoms with Gasteiger partial charge in [-0.05, 0) is 25.7 Å². The summed E-state index contributed by atoms with van der Waals surface area (Å²) in [5.41, 5.74) is 5.49. The van der Waals surface area contributed by atoms with Gasteiger partial charge in [0.1, 0.15) is 0 Å². The predicted molar refractivity (Wildman–Crippen MR) is 67.8 cm³/mol. The first-order chi connectivity index (χ1) is 7.64. The zero-order chi connectivity index (χ0) is 12.4. The van der Waals surface area contributed by atoms with Gasteiger partial charge in [-0.25, -0.2) is 0 Å². The van der Waals surface area contributed by atoms with Crippen LogP contribution in [0.3, 0.4) is 0 Å². The second-order valence-corrected chi connectivity index (χ2v) is 4.15. The van der Waals surface area contributed by atoms with Gasteiger partial charge < -0.3 is 11.1 Å². The molecule has 0 bridgehead atoms. The van der Waals surface area contributed by atoms with E-state index in [0.29, 0.717) is 13.0 Å². The Morgan fingerprint density at radius 2 is 2.00 bits per heavy atom. The van der Waals surface area contributed by atoms with Gasteiger partial charge >= 0.3 is 0 Å². The molecule has 0 atom stereocenters. The minimum atomic E-state index is -0.219. The van der Waals surface area contributed by atoms with E-state index in [1.807, 2.05) is 0 Å². The van der Waals surface area contributed by atoms with Crippen LogP contribution < -0.4 is 11.1 Å². The van der Waals surface area contributed by atoms with E-state index in [0.717, 1.165) is 32.1 Å². The summed E-state index contributed by atoms with van der Waals surface area (Å²) in [6.07, 6.45) is 9.94. The van der Waals surface area contributed by atoms with Crippen molar-refractivity contribution in [3.8, 4) is 12.3 Å². The standard InChI is InChI=1S/C13H24N2O/c1-4-7-8-9-10-12(16)15-13(5-2,6-3)11-14/h1H,5-11,14H2,2-3H3,(H,15,16). The number of hydrogen-bond donors (Lipinski definition) is 2. The zero-order valence-corrected chi connectivity index (χ0v) is 10.5. The molecule has 1 amide bonds. The Labute approximate surface area is 99.2 Å². The summed E-state index contributed by atoms with van der Waals surface area (Å²) >= 11 is 0. The fourth-order valence-corrected chi connectivity index (χ4v) is 1.64. The van der Waals surface area contributed by atoms with Crippen molar-refractivity contribution >= 4 is 5.91 Å². The van der Waals surface area contributed by atoms with Crippen molar-refractivity contribution in [2.75, 3.05) is 6.54 Å². The molecule has 0 aliphatic rings. The maximum atomic E-state index is 11.7. The Bertz CT molecular complexity index is 231. The van der Waals surface area contributed by atoms with E-state index in [4.69, 9.17) is 12.2 Å². The van der Waals surface area contributed by atoms with Crippen LogP contribution in [0.5, 0.6) is 0 Å². The lowest BCUT2D eigenvalue weighted by Gasteiger charge is -2.31. The smallest absolute Gasteiger partial charge is 0.220 e. The number of carbonyl (C=O) groups is 1. The third-order valence-electron chi connectivity index (χ3n) is 3.12. The molecule has 0 fully saturated rings. The number of nitrogens with two attached hydrogens (primary N) is 1. The lowest BCUT2D eigenvalue weighted by Crippen LogP contribution is -2.52. The highest BCUT2D eigenvalue weighted by Gasteiger charge is 2.25. The van der Waals surface area contributed by atoms with Crippen molar-refractivity contribution in [3.05, 3.63) is 0 Å². The molecule has 0 aliphatic heterocycles. The fraction of sp³-hybridized carbons (Fsp3) is 0.769. The molecule has 0 aromatic carbocycles. The minimum absolute atomic E-state index is 0.0890. The van der Waals surface area contributed by atoms with Gasteiger partial charge in [-0.15, -0.1) is 12.3 Å². The molecule has 3 nitrogen and oxygen atoms in total. The highest BCUT2D eigenvalue weighted by Crippen LogP contribution is 2.13.